The molecule has 1 saturated heterocycles. The first-order valence-electron chi connectivity index (χ1n) is 10.9. The summed E-state index contributed by atoms with van der Waals surface area (Å²) >= 11 is 7.66. The first kappa shape index (κ1) is 22.7. The molecule has 0 N–H and O–H groups in total. The Morgan fingerprint density at radius 2 is 1.94 bits per heavy atom. The number of hydrogen-bond donors (Lipinski definition) is 0. The van der Waals surface area contributed by atoms with Crippen molar-refractivity contribution in [3.8, 4) is 5.69 Å². The van der Waals surface area contributed by atoms with Gasteiger partial charge in [-0.2, -0.15) is 0 Å². The highest BCUT2D eigenvalue weighted by molar-refractivity contribution is 7.99. The van der Waals surface area contributed by atoms with Crippen molar-refractivity contribution in [1.29, 1.82) is 0 Å². The van der Waals surface area contributed by atoms with Crippen molar-refractivity contribution in [1.82, 2.24) is 19.7 Å². The number of benzene rings is 2. The number of aromatic nitrogens is 3. The third-order valence-electron chi connectivity index (χ3n) is 5.80. The third-order valence-corrected chi connectivity index (χ3v) is 7.13. The van der Waals surface area contributed by atoms with E-state index in [1.165, 1.54) is 42.3 Å². The zero-order valence-corrected chi connectivity index (χ0v) is 20.1. The molecule has 8 heteroatoms. The van der Waals surface area contributed by atoms with E-state index in [9.17, 15) is 4.79 Å². The molecule has 0 atom stereocenters. The molecule has 168 valence electrons. The van der Waals surface area contributed by atoms with Crippen LogP contribution in [0.2, 0.25) is 5.02 Å². The van der Waals surface area contributed by atoms with E-state index in [0.717, 1.165) is 24.3 Å². The summed E-state index contributed by atoms with van der Waals surface area (Å²) in [6, 6.07) is 14.2. The van der Waals surface area contributed by atoms with Crippen LogP contribution in [-0.4, -0.2) is 51.5 Å². The van der Waals surface area contributed by atoms with Gasteiger partial charge in [-0.3, -0.25) is 9.36 Å². The van der Waals surface area contributed by atoms with Crippen LogP contribution in [0.15, 0.2) is 53.9 Å². The number of carbonyl (C=O) groups excluding carboxylic acids is 1. The summed E-state index contributed by atoms with van der Waals surface area (Å²) in [6.45, 7) is 4.73. The summed E-state index contributed by atoms with van der Waals surface area (Å²) in [6.07, 6.45) is 5.40. The lowest BCUT2D eigenvalue weighted by Crippen LogP contribution is -2.32. The molecule has 1 fully saturated rings. The Morgan fingerprint density at radius 1 is 1.16 bits per heavy atom. The van der Waals surface area contributed by atoms with Gasteiger partial charge in [-0.15, -0.1) is 10.2 Å². The van der Waals surface area contributed by atoms with Crippen LogP contribution in [0.3, 0.4) is 0 Å². The minimum absolute atomic E-state index is 0.0555. The zero-order valence-electron chi connectivity index (χ0n) is 18.5. The maximum atomic E-state index is 12.9. The van der Waals surface area contributed by atoms with Gasteiger partial charge in [-0.1, -0.05) is 47.6 Å². The van der Waals surface area contributed by atoms with Crippen LogP contribution in [0, 0.1) is 6.92 Å². The number of piperidine rings is 1. The molecule has 6 nitrogen and oxygen atoms in total. The van der Waals surface area contributed by atoms with Crippen LogP contribution in [0.5, 0.6) is 0 Å². The Morgan fingerprint density at radius 3 is 2.72 bits per heavy atom. The molecule has 1 aliphatic rings. The molecule has 3 aromatic rings. The van der Waals surface area contributed by atoms with Crippen LogP contribution in [0.1, 0.15) is 30.4 Å². The number of anilines is 1. The minimum atomic E-state index is 0.0555. The Labute approximate surface area is 198 Å². The van der Waals surface area contributed by atoms with Gasteiger partial charge in [0.15, 0.2) is 5.16 Å². The van der Waals surface area contributed by atoms with E-state index in [-0.39, 0.29) is 5.91 Å². The van der Waals surface area contributed by atoms with Crippen molar-refractivity contribution in [2.45, 2.75) is 37.9 Å². The molecule has 1 amide bonds. The monoisotopic (exact) mass is 469 g/mol. The molecule has 1 aliphatic heterocycles. The lowest BCUT2D eigenvalue weighted by molar-refractivity contribution is -0.127. The Balaban J connectivity index is 1.40. The van der Waals surface area contributed by atoms with E-state index < -0.39 is 0 Å². The van der Waals surface area contributed by atoms with E-state index in [1.54, 1.807) is 11.2 Å². The van der Waals surface area contributed by atoms with Gasteiger partial charge in [-0.05, 0) is 55.5 Å². The summed E-state index contributed by atoms with van der Waals surface area (Å²) in [5, 5.41) is 9.57. The first-order chi connectivity index (χ1) is 15.5. The standard InChI is InChI=1S/C24H28ClN5OS/c1-18-10-11-20(14-21(18)25)30-17-26-27-24(30)32-16-23(31)28(2)15-19-8-4-5-9-22(19)29-12-6-3-7-13-29/h4-5,8-11,14,17H,3,6-7,12-13,15-16H2,1-2H3. The molecule has 0 spiro atoms. The highest BCUT2D eigenvalue weighted by atomic mass is 35.5. The van der Waals surface area contributed by atoms with Crippen LogP contribution >= 0.6 is 23.4 Å². The lowest BCUT2D eigenvalue weighted by atomic mass is 10.1. The molecular weight excluding hydrogens is 442 g/mol. The van der Waals surface area contributed by atoms with Gasteiger partial charge in [0, 0.05) is 37.4 Å². The number of nitrogens with zero attached hydrogens (tertiary/aromatic N) is 5. The average molecular weight is 470 g/mol. The van der Waals surface area contributed by atoms with E-state index in [2.05, 4.69) is 33.3 Å². The Kier molecular flexibility index (Phi) is 7.37. The van der Waals surface area contributed by atoms with Crippen molar-refractivity contribution < 1.29 is 4.79 Å². The van der Waals surface area contributed by atoms with Gasteiger partial charge in [-0.25, -0.2) is 0 Å². The summed E-state index contributed by atoms with van der Waals surface area (Å²) in [5.74, 6) is 0.348. The van der Waals surface area contributed by atoms with E-state index in [4.69, 9.17) is 11.6 Å². The number of thioether (sulfide) groups is 1. The summed E-state index contributed by atoms with van der Waals surface area (Å²) in [5.41, 5.74) is 4.33. The number of para-hydroxylation sites is 1. The lowest BCUT2D eigenvalue weighted by Gasteiger charge is -2.31. The van der Waals surface area contributed by atoms with Crippen molar-refractivity contribution in [3.63, 3.8) is 0 Å². The number of aryl methyl sites for hydroxylation is 1. The molecule has 0 saturated carbocycles. The van der Waals surface area contributed by atoms with Gasteiger partial charge >= 0.3 is 0 Å². The second-order valence-electron chi connectivity index (χ2n) is 8.13. The van der Waals surface area contributed by atoms with Gasteiger partial charge in [0.05, 0.1) is 11.4 Å². The molecule has 2 aromatic carbocycles. The fourth-order valence-electron chi connectivity index (χ4n) is 3.90. The minimum Gasteiger partial charge on any atom is -0.371 e. The molecule has 0 radical (unpaired) electrons. The predicted octanol–water partition coefficient (Wildman–Crippen LogP) is 4.97. The number of rotatable bonds is 7. The SMILES string of the molecule is Cc1ccc(-n2cnnc2SCC(=O)N(C)Cc2ccccc2N2CCCCC2)cc1Cl. The topological polar surface area (TPSA) is 54.3 Å². The molecule has 0 unspecified atom stereocenters. The van der Waals surface area contributed by atoms with Crippen LogP contribution in [0.4, 0.5) is 5.69 Å². The summed E-state index contributed by atoms with van der Waals surface area (Å²) in [7, 11) is 1.86. The molecular formula is C24H28ClN5OS. The van der Waals surface area contributed by atoms with Crippen molar-refractivity contribution >= 4 is 35.0 Å². The fraction of sp³-hybridized carbons (Fsp3) is 0.375. The Bertz CT molecular complexity index is 1080. The predicted molar refractivity (Wildman–Crippen MR) is 131 cm³/mol. The number of amides is 1. The second-order valence-corrected chi connectivity index (χ2v) is 9.48. The number of hydrogen-bond acceptors (Lipinski definition) is 5. The second kappa shape index (κ2) is 10.4. The quantitative estimate of drug-likeness (QED) is 0.457. The molecule has 2 heterocycles. The molecule has 0 bridgehead atoms. The van der Waals surface area contributed by atoms with E-state index in [0.29, 0.717) is 22.5 Å². The van der Waals surface area contributed by atoms with Gasteiger partial charge in [0.2, 0.25) is 5.91 Å². The largest absolute Gasteiger partial charge is 0.371 e. The van der Waals surface area contributed by atoms with Gasteiger partial charge in [0.25, 0.3) is 0 Å². The van der Waals surface area contributed by atoms with Crippen molar-refractivity contribution in [3.05, 3.63) is 64.9 Å². The number of carbonyl (C=O) groups is 1. The highest BCUT2D eigenvalue weighted by Crippen LogP contribution is 2.26. The molecule has 4 rings (SSSR count). The third kappa shape index (κ3) is 5.27. The fourth-order valence-corrected chi connectivity index (χ4v) is 4.94. The smallest absolute Gasteiger partial charge is 0.233 e. The van der Waals surface area contributed by atoms with Crippen molar-refractivity contribution in [2.75, 3.05) is 30.8 Å². The Hall–Kier alpha value is -2.51. The number of halogens is 1. The van der Waals surface area contributed by atoms with E-state index in [1.807, 2.05) is 42.8 Å². The van der Waals surface area contributed by atoms with Gasteiger partial charge < -0.3 is 9.80 Å². The molecule has 32 heavy (non-hydrogen) atoms. The summed E-state index contributed by atoms with van der Waals surface area (Å²) in [4.78, 5) is 17.1. The summed E-state index contributed by atoms with van der Waals surface area (Å²) < 4.78 is 1.86. The maximum absolute atomic E-state index is 12.9. The average Bonchev–Trinajstić information content (AvgIpc) is 3.29. The molecule has 0 aliphatic carbocycles. The molecule has 1 aromatic heterocycles. The van der Waals surface area contributed by atoms with Crippen LogP contribution in [0.25, 0.3) is 5.69 Å². The maximum Gasteiger partial charge on any atom is 0.233 e. The van der Waals surface area contributed by atoms with Gasteiger partial charge in [0.1, 0.15) is 6.33 Å². The normalized spacial score (nSPS) is 13.9. The zero-order chi connectivity index (χ0) is 22.5. The van der Waals surface area contributed by atoms with Crippen LogP contribution in [-0.2, 0) is 11.3 Å². The highest BCUT2D eigenvalue weighted by Gasteiger charge is 2.18. The first-order valence-corrected chi connectivity index (χ1v) is 12.3. The van der Waals surface area contributed by atoms with Crippen molar-refractivity contribution in [2.24, 2.45) is 0 Å². The van der Waals surface area contributed by atoms with Crippen LogP contribution < -0.4 is 4.90 Å². The van der Waals surface area contributed by atoms with E-state index >= 15 is 0 Å².